The molecule has 1 aromatic carbocycles. The van der Waals surface area contributed by atoms with Crippen molar-refractivity contribution in [1.29, 1.82) is 0 Å². The molecule has 0 atom stereocenters. The van der Waals surface area contributed by atoms with Gasteiger partial charge in [0.25, 0.3) is 0 Å². The number of rotatable bonds is 4. The highest BCUT2D eigenvalue weighted by Gasteiger charge is 2.34. The molecule has 0 bridgehead atoms. The lowest BCUT2D eigenvalue weighted by atomic mass is 10.1. The molecule has 0 unspecified atom stereocenters. The summed E-state index contributed by atoms with van der Waals surface area (Å²) in [7, 11) is 0. The summed E-state index contributed by atoms with van der Waals surface area (Å²) in [6.07, 6.45) is -2.79. The summed E-state index contributed by atoms with van der Waals surface area (Å²) in [6.45, 7) is 6.38. The van der Waals surface area contributed by atoms with Gasteiger partial charge in [0.15, 0.2) is 0 Å². The van der Waals surface area contributed by atoms with Crippen LogP contribution in [0.3, 0.4) is 0 Å². The van der Waals surface area contributed by atoms with E-state index in [9.17, 15) is 13.2 Å². The van der Waals surface area contributed by atoms with E-state index in [0.717, 1.165) is 11.6 Å². The molecule has 2 rings (SSSR count). The lowest BCUT2D eigenvalue weighted by molar-refractivity contribution is -0.137. The third kappa shape index (κ3) is 3.44. The monoisotopic (exact) mass is 297 g/mol. The van der Waals surface area contributed by atoms with Gasteiger partial charge in [0.2, 0.25) is 0 Å². The molecular weight excluding hydrogens is 279 g/mol. The maximum atomic E-state index is 13.1. The summed E-state index contributed by atoms with van der Waals surface area (Å²) < 4.78 is 40.6. The quantitative estimate of drug-likeness (QED) is 0.932. The second kappa shape index (κ2) is 5.89. The fourth-order valence-corrected chi connectivity index (χ4v) is 2.07. The molecule has 1 N–H and O–H groups in total. The molecule has 0 spiro atoms. The summed E-state index contributed by atoms with van der Waals surface area (Å²) >= 11 is 0. The van der Waals surface area contributed by atoms with E-state index in [4.69, 9.17) is 0 Å². The zero-order chi connectivity index (χ0) is 15.6. The van der Waals surface area contributed by atoms with E-state index >= 15 is 0 Å². The van der Waals surface area contributed by atoms with Gasteiger partial charge in [-0.05, 0) is 19.1 Å². The van der Waals surface area contributed by atoms with Crippen molar-refractivity contribution in [3.8, 4) is 5.69 Å². The van der Waals surface area contributed by atoms with Crippen molar-refractivity contribution in [2.75, 3.05) is 0 Å². The summed E-state index contributed by atoms with van der Waals surface area (Å²) in [6, 6.07) is 5.77. The number of para-hydroxylation sites is 1. The third-order valence-corrected chi connectivity index (χ3v) is 3.25. The van der Waals surface area contributed by atoms with Gasteiger partial charge in [0.1, 0.15) is 0 Å². The predicted octanol–water partition coefficient (Wildman–Crippen LogP) is 3.70. The molecule has 0 aliphatic carbocycles. The molecular formula is C15H18F3N3. The van der Waals surface area contributed by atoms with Gasteiger partial charge < -0.3 is 5.32 Å². The number of hydrogen-bond acceptors (Lipinski definition) is 2. The van der Waals surface area contributed by atoms with Gasteiger partial charge in [-0.1, -0.05) is 26.0 Å². The van der Waals surface area contributed by atoms with E-state index in [0.29, 0.717) is 18.3 Å². The van der Waals surface area contributed by atoms with Crippen molar-refractivity contribution in [2.24, 2.45) is 0 Å². The average Bonchev–Trinajstić information content (AvgIpc) is 2.76. The number of nitrogens with zero attached hydrogens (tertiary/aromatic N) is 2. The Morgan fingerprint density at radius 3 is 2.52 bits per heavy atom. The summed E-state index contributed by atoms with van der Waals surface area (Å²) in [5.41, 5.74) is 0.971. The first-order valence-electron chi connectivity index (χ1n) is 6.74. The first kappa shape index (κ1) is 15.6. The molecule has 6 heteroatoms. The number of hydrogen-bond donors (Lipinski definition) is 1. The van der Waals surface area contributed by atoms with Gasteiger partial charge in [-0.3, -0.25) is 0 Å². The van der Waals surface area contributed by atoms with Crippen LogP contribution in [0.25, 0.3) is 5.69 Å². The molecule has 1 heterocycles. The number of aromatic nitrogens is 2. The van der Waals surface area contributed by atoms with Crippen LogP contribution in [0.5, 0.6) is 0 Å². The molecule has 0 radical (unpaired) electrons. The van der Waals surface area contributed by atoms with E-state index in [1.165, 1.54) is 16.8 Å². The highest BCUT2D eigenvalue weighted by Crippen LogP contribution is 2.34. The van der Waals surface area contributed by atoms with Crippen LogP contribution in [0.15, 0.2) is 30.5 Å². The smallest absolute Gasteiger partial charge is 0.310 e. The first-order chi connectivity index (χ1) is 9.80. The molecule has 0 aliphatic rings. The zero-order valence-electron chi connectivity index (χ0n) is 12.2. The first-order valence-corrected chi connectivity index (χ1v) is 6.74. The Balaban J connectivity index is 2.40. The van der Waals surface area contributed by atoms with Crippen LogP contribution < -0.4 is 5.32 Å². The van der Waals surface area contributed by atoms with Crippen LogP contribution in [-0.4, -0.2) is 15.8 Å². The second-order valence-corrected chi connectivity index (χ2v) is 5.22. The van der Waals surface area contributed by atoms with Crippen LogP contribution in [0.2, 0.25) is 0 Å². The molecule has 0 saturated heterocycles. The topological polar surface area (TPSA) is 29.9 Å². The Bertz CT molecular complexity index is 615. The minimum Gasteiger partial charge on any atom is -0.310 e. The van der Waals surface area contributed by atoms with Crippen LogP contribution in [0, 0.1) is 6.92 Å². The number of benzene rings is 1. The van der Waals surface area contributed by atoms with Crippen molar-refractivity contribution in [1.82, 2.24) is 15.1 Å². The van der Waals surface area contributed by atoms with E-state index in [-0.39, 0.29) is 5.69 Å². The second-order valence-electron chi connectivity index (χ2n) is 5.22. The van der Waals surface area contributed by atoms with E-state index in [2.05, 4.69) is 10.4 Å². The van der Waals surface area contributed by atoms with Crippen molar-refractivity contribution < 1.29 is 13.2 Å². The molecule has 3 nitrogen and oxygen atoms in total. The van der Waals surface area contributed by atoms with Crippen LogP contribution in [0.1, 0.15) is 30.7 Å². The van der Waals surface area contributed by atoms with Gasteiger partial charge in [-0.2, -0.15) is 18.3 Å². The van der Waals surface area contributed by atoms with Crippen molar-refractivity contribution in [3.63, 3.8) is 0 Å². The van der Waals surface area contributed by atoms with Crippen LogP contribution in [0.4, 0.5) is 13.2 Å². The fraction of sp³-hybridized carbons (Fsp3) is 0.400. The maximum Gasteiger partial charge on any atom is 0.418 e. The molecule has 0 aliphatic heterocycles. The number of nitrogens with one attached hydrogen (secondary N) is 1. The lowest BCUT2D eigenvalue weighted by Gasteiger charge is -2.14. The molecule has 21 heavy (non-hydrogen) atoms. The largest absolute Gasteiger partial charge is 0.418 e. The van der Waals surface area contributed by atoms with Gasteiger partial charge >= 0.3 is 6.18 Å². The summed E-state index contributed by atoms with van der Waals surface area (Å²) in [5.74, 6) is 0. The minimum atomic E-state index is -4.40. The number of halogens is 3. The van der Waals surface area contributed by atoms with E-state index < -0.39 is 11.7 Å². The van der Waals surface area contributed by atoms with Crippen LogP contribution in [-0.2, 0) is 12.7 Å². The molecule has 0 saturated carbocycles. The standard InChI is InChI=1S/C15H18F3N3/c1-10(2)19-8-12-9-20-21(11(12)3)14-7-5-4-6-13(14)15(16,17)18/h4-7,9-10,19H,8H2,1-3H3. The minimum absolute atomic E-state index is 0.0540. The van der Waals surface area contributed by atoms with Crippen molar-refractivity contribution in [3.05, 3.63) is 47.3 Å². The fourth-order valence-electron chi connectivity index (χ4n) is 2.07. The van der Waals surface area contributed by atoms with E-state index in [1.807, 2.05) is 13.8 Å². The normalized spacial score (nSPS) is 12.1. The molecule has 0 fully saturated rings. The highest BCUT2D eigenvalue weighted by molar-refractivity contribution is 5.44. The number of alkyl halides is 3. The summed E-state index contributed by atoms with van der Waals surface area (Å²) in [4.78, 5) is 0. The Kier molecular flexibility index (Phi) is 4.37. The Morgan fingerprint density at radius 2 is 1.90 bits per heavy atom. The van der Waals surface area contributed by atoms with Crippen molar-refractivity contribution >= 4 is 0 Å². The molecule has 1 aromatic heterocycles. The highest BCUT2D eigenvalue weighted by atomic mass is 19.4. The Morgan fingerprint density at radius 1 is 1.24 bits per heavy atom. The van der Waals surface area contributed by atoms with E-state index in [1.54, 1.807) is 19.2 Å². The third-order valence-electron chi connectivity index (χ3n) is 3.25. The van der Waals surface area contributed by atoms with Crippen LogP contribution >= 0.6 is 0 Å². The molecule has 0 amide bonds. The maximum absolute atomic E-state index is 13.1. The molecule has 2 aromatic rings. The summed E-state index contributed by atoms with van der Waals surface area (Å²) in [5, 5.41) is 7.35. The van der Waals surface area contributed by atoms with Gasteiger partial charge in [-0.15, -0.1) is 0 Å². The van der Waals surface area contributed by atoms with Gasteiger partial charge in [0.05, 0.1) is 17.4 Å². The lowest BCUT2D eigenvalue weighted by Crippen LogP contribution is -2.22. The molecule has 114 valence electrons. The Hall–Kier alpha value is -1.82. The van der Waals surface area contributed by atoms with Crippen molar-refractivity contribution in [2.45, 2.75) is 39.5 Å². The zero-order valence-corrected chi connectivity index (χ0v) is 12.2. The average molecular weight is 297 g/mol. The van der Waals surface area contributed by atoms with Gasteiger partial charge in [-0.25, -0.2) is 4.68 Å². The van der Waals surface area contributed by atoms with Gasteiger partial charge in [0, 0.05) is 23.8 Å². The predicted molar refractivity (Wildman–Crippen MR) is 75.3 cm³/mol. The Labute approximate surface area is 121 Å². The SMILES string of the molecule is Cc1c(CNC(C)C)cnn1-c1ccccc1C(F)(F)F.